The van der Waals surface area contributed by atoms with Crippen LogP contribution < -0.4 is 4.72 Å². The monoisotopic (exact) mass is 406 g/mol. The lowest BCUT2D eigenvalue weighted by molar-refractivity contribution is 0.0735. The van der Waals surface area contributed by atoms with Crippen molar-refractivity contribution in [1.82, 2.24) is 4.90 Å². The summed E-state index contributed by atoms with van der Waals surface area (Å²) in [6.45, 7) is 0.723. The maximum absolute atomic E-state index is 13.0. The zero-order valence-corrected chi connectivity index (χ0v) is 16.7. The van der Waals surface area contributed by atoms with Crippen LogP contribution in [0, 0.1) is 0 Å². The van der Waals surface area contributed by atoms with Crippen LogP contribution in [-0.2, 0) is 10.0 Å². The molecule has 1 N–H and O–H groups in total. The normalized spacial score (nSPS) is 16.6. The van der Waals surface area contributed by atoms with E-state index >= 15 is 0 Å². The summed E-state index contributed by atoms with van der Waals surface area (Å²) in [6.07, 6.45) is 1.92. The third kappa shape index (κ3) is 4.17. The van der Waals surface area contributed by atoms with E-state index in [1.54, 1.807) is 42.5 Å². The highest BCUT2D eigenvalue weighted by Crippen LogP contribution is 2.33. The lowest BCUT2D eigenvalue weighted by atomic mass is 10.0. The van der Waals surface area contributed by atoms with Gasteiger partial charge in [-0.2, -0.15) is 0 Å². The van der Waals surface area contributed by atoms with Gasteiger partial charge in [0.1, 0.15) is 0 Å². The SMILES string of the molecule is O=C(c1ccc(NS(=O)(=O)c2ccccc2)cc1)N1CCC[C@@H]1c1ccccc1. The van der Waals surface area contributed by atoms with Crippen LogP contribution >= 0.6 is 0 Å². The number of rotatable bonds is 5. The third-order valence-corrected chi connectivity index (χ3v) is 6.53. The Labute approximate surface area is 171 Å². The highest BCUT2D eigenvalue weighted by molar-refractivity contribution is 7.92. The number of hydrogen-bond acceptors (Lipinski definition) is 3. The van der Waals surface area contributed by atoms with Gasteiger partial charge in [0.2, 0.25) is 0 Å². The smallest absolute Gasteiger partial charge is 0.261 e. The molecule has 3 aromatic carbocycles. The van der Waals surface area contributed by atoms with Crippen LogP contribution in [0.5, 0.6) is 0 Å². The van der Waals surface area contributed by atoms with Crippen LogP contribution in [-0.4, -0.2) is 25.8 Å². The third-order valence-electron chi connectivity index (χ3n) is 5.14. The second-order valence-electron chi connectivity index (χ2n) is 7.06. The van der Waals surface area contributed by atoms with Crippen molar-refractivity contribution in [3.8, 4) is 0 Å². The molecule has 0 bridgehead atoms. The molecule has 29 heavy (non-hydrogen) atoms. The highest BCUT2D eigenvalue weighted by atomic mass is 32.2. The van der Waals surface area contributed by atoms with Gasteiger partial charge in [0, 0.05) is 17.8 Å². The van der Waals surface area contributed by atoms with E-state index in [2.05, 4.69) is 16.9 Å². The van der Waals surface area contributed by atoms with Gasteiger partial charge in [0.25, 0.3) is 15.9 Å². The summed E-state index contributed by atoms with van der Waals surface area (Å²) in [6, 6.07) is 24.9. The molecule has 0 aliphatic carbocycles. The van der Waals surface area contributed by atoms with Crippen molar-refractivity contribution in [1.29, 1.82) is 0 Å². The van der Waals surface area contributed by atoms with Crippen molar-refractivity contribution in [3.63, 3.8) is 0 Å². The Kier molecular flexibility index (Phi) is 5.36. The van der Waals surface area contributed by atoms with Crippen LogP contribution in [0.2, 0.25) is 0 Å². The predicted molar refractivity (Wildman–Crippen MR) is 113 cm³/mol. The summed E-state index contributed by atoms with van der Waals surface area (Å²) in [5.41, 5.74) is 2.12. The first-order valence-electron chi connectivity index (χ1n) is 9.58. The van der Waals surface area contributed by atoms with E-state index < -0.39 is 10.0 Å². The molecule has 0 saturated carbocycles. The second-order valence-corrected chi connectivity index (χ2v) is 8.75. The maximum atomic E-state index is 13.0. The van der Waals surface area contributed by atoms with Crippen molar-refractivity contribution in [2.45, 2.75) is 23.8 Å². The van der Waals surface area contributed by atoms with Gasteiger partial charge >= 0.3 is 0 Å². The van der Waals surface area contributed by atoms with Crippen molar-refractivity contribution in [2.24, 2.45) is 0 Å². The molecule has 1 saturated heterocycles. The van der Waals surface area contributed by atoms with Gasteiger partial charge in [-0.15, -0.1) is 0 Å². The Morgan fingerprint density at radius 3 is 2.14 bits per heavy atom. The summed E-state index contributed by atoms with van der Waals surface area (Å²) in [7, 11) is -3.65. The summed E-state index contributed by atoms with van der Waals surface area (Å²) in [5.74, 6) is -0.0335. The molecule has 1 heterocycles. The summed E-state index contributed by atoms with van der Waals surface area (Å²) in [5, 5.41) is 0. The number of nitrogens with one attached hydrogen (secondary N) is 1. The summed E-state index contributed by atoms with van der Waals surface area (Å²) in [4.78, 5) is 15.1. The molecule has 0 unspecified atom stereocenters. The van der Waals surface area contributed by atoms with E-state index in [9.17, 15) is 13.2 Å². The molecule has 6 heteroatoms. The average Bonchev–Trinajstić information content (AvgIpc) is 3.25. The van der Waals surface area contributed by atoms with Gasteiger partial charge in [-0.1, -0.05) is 48.5 Å². The first-order valence-corrected chi connectivity index (χ1v) is 11.1. The molecule has 1 aliphatic heterocycles. The Morgan fingerprint density at radius 1 is 0.862 bits per heavy atom. The Morgan fingerprint density at radius 2 is 1.48 bits per heavy atom. The van der Waals surface area contributed by atoms with E-state index in [1.807, 2.05) is 23.1 Å². The van der Waals surface area contributed by atoms with Gasteiger partial charge in [0.15, 0.2) is 0 Å². The van der Waals surface area contributed by atoms with Crippen molar-refractivity contribution >= 4 is 21.6 Å². The number of carbonyl (C=O) groups excluding carboxylic acids is 1. The number of hydrogen-bond donors (Lipinski definition) is 1. The second kappa shape index (κ2) is 8.09. The molecule has 5 nitrogen and oxygen atoms in total. The average molecular weight is 407 g/mol. The molecule has 0 radical (unpaired) electrons. The standard InChI is InChI=1S/C23H22N2O3S/c26-23(25-17-7-12-22(25)18-8-3-1-4-9-18)19-13-15-20(16-14-19)24-29(27,28)21-10-5-2-6-11-21/h1-6,8-11,13-16,22,24H,7,12,17H2/t22-/m1/s1. The molecule has 1 atom stereocenters. The van der Waals surface area contributed by atoms with Crippen LogP contribution in [0.3, 0.4) is 0 Å². The Balaban J connectivity index is 1.50. The number of anilines is 1. The quantitative estimate of drug-likeness (QED) is 0.680. The molecule has 0 aromatic heterocycles. The topological polar surface area (TPSA) is 66.5 Å². The van der Waals surface area contributed by atoms with Crippen LogP contribution in [0.15, 0.2) is 89.8 Å². The molecule has 148 valence electrons. The minimum Gasteiger partial charge on any atom is -0.332 e. The zero-order chi connectivity index (χ0) is 20.3. The molecular formula is C23H22N2O3S. The van der Waals surface area contributed by atoms with Crippen LogP contribution in [0.25, 0.3) is 0 Å². The maximum Gasteiger partial charge on any atom is 0.261 e. The van der Waals surface area contributed by atoms with Gasteiger partial charge in [-0.25, -0.2) is 8.42 Å². The number of carbonyl (C=O) groups is 1. The van der Waals surface area contributed by atoms with E-state index in [4.69, 9.17) is 0 Å². The molecule has 1 fully saturated rings. The lowest BCUT2D eigenvalue weighted by Gasteiger charge is -2.25. The fourth-order valence-corrected chi connectivity index (χ4v) is 4.77. The van der Waals surface area contributed by atoms with Crippen LogP contribution in [0.4, 0.5) is 5.69 Å². The summed E-state index contributed by atoms with van der Waals surface area (Å²) >= 11 is 0. The molecule has 1 amide bonds. The van der Waals surface area contributed by atoms with Gasteiger partial charge in [0.05, 0.1) is 10.9 Å². The van der Waals surface area contributed by atoms with Gasteiger partial charge < -0.3 is 4.90 Å². The number of nitrogens with zero attached hydrogens (tertiary/aromatic N) is 1. The van der Waals surface area contributed by atoms with E-state index in [0.29, 0.717) is 11.3 Å². The Bertz CT molecular complexity index is 1080. The molecule has 0 spiro atoms. The minimum absolute atomic E-state index is 0.0335. The number of benzene rings is 3. The molecular weight excluding hydrogens is 384 g/mol. The molecule has 3 aromatic rings. The van der Waals surface area contributed by atoms with Crippen LogP contribution in [0.1, 0.15) is 34.8 Å². The van der Waals surface area contributed by atoms with E-state index in [1.165, 1.54) is 12.1 Å². The number of amides is 1. The van der Waals surface area contributed by atoms with Crippen molar-refractivity contribution < 1.29 is 13.2 Å². The van der Waals surface area contributed by atoms with E-state index in [0.717, 1.165) is 24.9 Å². The number of sulfonamides is 1. The molecule has 1 aliphatic rings. The largest absolute Gasteiger partial charge is 0.332 e. The molecule has 4 rings (SSSR count). The minimum atomic E-state index is -3.65. The predicted octanol–water partition coefficient (Wildman–Crippen LogP) is 4.46. The van der Waals surface area contributed by atoms with Gasteiger partial charge in [-0.05, 0) is 54.8 Å². The fraction of sp³-hybridized carbons (Fsp3) is 0.174. The lowest BCUT2D eigenvalue weighted by Crippen LogP contribution is -2.30. The van der Waals surface area contributed by atoms with Gasteiger partial charge in [-0.3, -0.25) is 9.52 Å². The first kappa shape index (κ1) is 19.2. The summed E-state index contributed by atoms with van der Waals surface area (Å²) < 4.78 is 27.4. The van der Waals surface area contributed by atoms with Crippen molar-refractivity contribution in [3.05, 3.63) is 96.1 Å². The van der Waals surface area contributed by atoms with Crippen molar-refractivity contribution in [2.75, 3.05) is 11.3 Å². The Hall–Kier alpha value is -3.12. The highest BCUT2D eigenvalue weighted by Gasteiger charge is 2.30. The zero-order valence-electron chi connectivity index (χ0n) is 15.9. The fourth-order valence-electron chi connectivity index (χ4n) is 3.69. The number of likely N-dealkylation sites (tertiary alicyclic amines) is 1. The van der Waals surface area contributed by atoms with E-state index in [-0.39, 0.29) is 16.8 Å². The first-order chi connectivity index (χ1) is 14.0.